The Bertz CT molecular complexity index is 629. The summed E-state index contributed by atoms with van der Waals surface area (Å²) in [6, 6.07) is 5.23. The van der Waals surface area contributed by atoms with Crippen molar-refractivity contribution in [2.45, 2.75) is 32.1 Å². The number of carbonyl (C=O) groups excluding carboxylic acids is 2. The minimum Gasteiger partial charge on any atom is -0.273 e. The number of rotatable bonds is 4. The SMILES string of the molecule is O=C(C[C@H]1C[C@@H]2CC[C@@H]1C2)NNC(=O)c1ccc([N+](=O)[O-])cc1. The van der Waals surface area contributed by atoms with E-state index in [0.29, 0.717) is 18.3 Å². The summed E-state index contributed by atoms with van der Waals surface area (Å²) in [5, 5.41) is 10.6. The molecule has 0 aliphatic heterocycles. The molecular weight excluding hydrogens is 298 g/mol. The highest BCUT2D eigenvalue weighted by Crippen LogP contribution is 2.49. The van der Waals surface area contributed by atoms with Gasteiger partial charge in [0.1, 0.15) is 0 Å². The number of hydrogen-bond acceptors (Lipinski definition) is 4. The van der Waals surface area contributed by atoms with Crippen molar-refractivity contribution in [2.24, 2.45) is 17.8 Å². The van der Waals surface area contributed by atoms with Crippen molar-refractivity contribution in [3.8, 4) is 0 Å². The van der Waals surface area contributed by atoms with Crippen LogP contribution in [0.15, 0.2) is 24.3 Å². The minimum absolute atomic E-state index is 0.0816. The highest BCUT2D eigenvalue weighted by atomic mass is 16.6. The number of fused-ring (bicyclic) bond motifs is 2. The van der Waals surface area contributed by atoms with Crippen molar-refractivity contribution in [2.75, 3.05) is 0 Å². The van der Waals surface area contributed by atoms with Crippen LogP contribution in [-0.2, 0) is 4.79 Å². The number of nitro groups is 1. The lowest BCUT2D eigenvalue weighted by molar-refractivity contribution is -0.384. The molecule has 2 fully saturated rings. The summed E-state index contributed by atoms with van der Waals surface area (Å²) < 4.78 is 0. The number of benzene rings is 1. The van der Waals surface area contributed by atoms with Gasteiger partial charge >= 0.3 is 0 Å². The van der Waals surface area contributed by atoms with E-state index in [4.69, 9.17) is 0 Å². The summed E-state index contributed by atoms with van der Waals surface area (Å²) >= 11 is 0. The van der Waals surface area contributed by atoms with Crippen molar-refractivity contribution in [3.63, 3.8) is 0 Å². The predicted molar refractivity (Wildman–Crippen MR) is 82.3 cm³/mol. The third-order valence-electron chi connectivity index (χ3n) is 4.99. The Morgan fingerprint density at radius 1 is 1.13 bits per heavy atom. The van der Waals surface area contributed by atoms with Crippen molar-refractivity contribution in [1.29, 1.82) is 0 Å². The monoisotopic (exact) mass is 317 g/mol. The Labute approximate surface area is 133 Å². The van der Waals surface area contributed by atoms with E-state index in [1.807, 2.05) is 0 Å². The highest BCUT2D eigenvalue weighted by molar-refractivity contribution is 5.95. The molecule has 3 atom stereocenters. The molecule has 7 nitrogen and oxygen atoms in total. The van der Waals surface area contributed by atoms with Crippen LogP contribution in [-0.4, -0.2) is 16.7 Å². The van der Waals surface area contributed by atoms with E-state index >= 15 is 0 Å². The van der Waals surface area contributed by atoms with E-state index in [1.54, 1.807) is 0 Å². The first-order valence-corrected chi connectivity index (χ1v) is 7.86. The van der Waals surface area contributed by atoms with Crippen LogP contribution in [0.25, 0.3) is 0 Å². The molecule has 1 aromatic rings. The molecule has 2 N–H and O–H groups in total. The zero-order valence-electron chi connectivity index (χ0n) is 12.7. The van der Waals surface area contributed by atoms with E-state index in [9.17, 15) is 19.7 Å². The molecule has 122 valence electrons. The molecule has 0 aromatic heterocycles. The summed E-state index contributed by atoms with van der Waals surface area (Å²) in [5.74, 6) is 1.22. The van der Waals surface area contributed by atoms with Gasteiger partial charge in [-0.2, -0.15) is 0 Å². The maximum absolute atomic E-state index is 11.9. The fraction of sp³-hybridized carbons (Fsp3) is 0.500. The molecule has 0 saturated heterocycles. The van der Waals surface area contributed by atoms with Gasteiger partial charge in [0, 0.05) is 24.1 Å². The van der Waals surface area contributed by atoms with Crippen LogP contribution in [0.5, 0.6) is 0 Å². The number of carbonyl (C=O) groups is 2. The molecule has 2 amide bonds. The number of non-ortho nitro benzene ring substituents is 1. The molecule has 23 heavy (non-hydrogen) atoms. The van der Waals surface area contributed by atoms with Gasteiger partial charge < -0.3 is 0 Å². The molecule has 2 bridgehead atoms. The van der Waals surface area contributed by atoms with Gasteiger partial charge in [0.05, 0.1) is 4.92 Å². The van der Waals surface area contributed by atoms with Crippen LogP contribution < -0.4 is 10.9 Å². The van der Waals surface area contributed by atoms with Gasteiger partial charge in [-0.1, -0.05) is 6.42 Å². The van der Waals surface area contributed by atoms with Crippen LogP contribution in [0.3, 0.4) is 0 Å². The van der Waals surface area contributed by atoms with E-state index in [2.05, 4.69) is 10.9 Å². The Kier molecular flexibility index (Phi) is 4.27. The number of nitro benzene ring substituents is 1. The second-order valence-electron chi connectivity index (χ2n) is 6.45. The molecule has 3 rings (SSSR count). The van der Waals surface area contributed by atoms with Gasteiger partial charge in [-0.05, 0) is 49.1 Å². The average Bonchev–Trinajstić information content (AvgIpc) is 3.15. The number of hydrazine groups is 1. The van der Waals surface area contributed by atoms with Gasteiger partial charge in [0.25, 0.3) is 11.6 Å². The van der Waals surface area contributed by atoms with Crippen LogP contribution in [0.2, 0.25) is 0 Å². The molecule has 0 radical (unpaired) electrons. The first-order chi connectivity index (χ1) is 11.0. The number of hydrogen-bond donors (Lipinski definition) is 2. The molecule has 1 aromatic carbocycles. The average molecular weight is 317 g/mol. The third kappa shape index (κ3) is 3.49. The largest absolute Gasteiger partial charge is 0.273 e. The van der Waals surface area contributed by atoms with Crippen LogP contribution in [0.1, 0.15) is 42.5 Å². The molecular formula is C16H19N3O4. The maximum Gasteiger partial charge on any atom is 0.269 e. The summed E-state index contributed by atoms with van der Waals surface area (Å²) in [4.78, 5) is 33.9. The number of amides is 2. The summed E-state index contributed by atoms with van der Waals surface area (Å²) in [6.45, 7) is 0. The Morgan fingerprint density at radius 3 is 2.43 bits per heavy atom. The number of nitrogens with zero attached hydrogens (tertiary/aromatic N) is 1. The van der Waals surface area contributed by atoms with E-state index in [0.717, 1.165) is 12.3 Å². The standard InChI is InChI=1S/C16H19N3O4/c20-15(9-13-8-10-1-2-12(13)7-10)17-18-16(21)11-3-5-14(6-4-11)19(22)23/h3-6,10,12-13H,1-2,7-9H2,(H,17,20)(H,18,21)/t10-,12-,13-/m1/s1. The zero-order chi connectivity index (χ0) is 16.4. The second kappa shape index (κ2) is 6.36. The lowest BCUT2D eigenvalue weighted by Crippen LogP contribution is -2.42. The highest BCUT2D eigenvalue weighted by Gasteiger charge is 2.40. The van der Waals surface area contributed by atoms with Crippen molar-refractivity contribution < 1.29 is 14.5 Å². The smallest absolute Gasteiger partial charge is 0.269 e. The lowest BCUT2D eigenvalue weighted by Gasteiger charge is -2.20. The molecule has 0 unspecified atom stereocenters. The van der Waals surface area contributed by atoms with Crippen LogP contribution in [0, 0.1) is 27.9 Å². The predicted octanol–water partition coefficient (Wildman–Crippen LogP) is 2.18. The topological polar surface area (TPSA) is 101 Å². The summed E-state index contributed by atoms with van der Waals surface area (Å²) in [6.07, 6.45) is 5.32. The molecule has 0 spiro atoms. The van der Waals surface area contributed by atoms with Crippen molar-refractivity contribution in [3.05, 3.63) is 39.9 Å². The van der Waals surface area contributed by atoms with Gasteiger partial charge in [-0.3, -0.25) is 30.6 Å². The minimum atomic E-state index is -0.529. The first kappa shape index (κ1) is 15.5. The lowest BCUT2D eigenvalue weighted by atomic mass is 9.86. The second-order valence-corrected chi connectivity index (χ2v) is 6.45. The Balaban J connectivity index is 1.46. The Hall–Kier alpha value is -2.44. The molecule has 2 aliphatic rings. The number of nitrogens with one attached hydrogen (secondary N) is 2. The summed E-state index contributed by atoms with van der Waals surface area (Å²) in [5.41, 5.74) is 4.97. The van der Waals surface area contributed by atoms with E-state index in [1.165, 1.54) is 43.5 Å². The fourth-order valence-electron chi connectivity index (χ4n) is 3.85. The third-order valence-corrected chi connectivity index (χ3v) is 4.99. The van der Waals surface area contributed by atoms with E-state index < -0.39 is 10.8 Å². The van der Waals surface area contributed by atoms with Crippen LogP contribution in [0.4, 0.5) is 5.69 Å². The van der Waals surface area contributed by atoms with Crippen LogP contribution >= 0.6 is 0 Å². The Morgan fingerprint density at radius 2 is 1.87 bits per heavy atom. The van der Waals surface area contributed by atoms with Gasteiger partial charge in [0.2, 0.25) is 5.91 Å². The normalized spacial score (nSPS) is 25.1. The zero-order valence-corrected chi connectivity index (χ0v) is 12.7. The molecule has 2 saturated carbocycles. The quantitative estimate of drug-likeness (QED) is 0.656. The maximum atomic E-state index is 11.9. The summed E-state index contributed by atoms with van der Waals surface area (Å²) in [7, 11) is 0. The molecule has 7 heteroatoms. The van der Waals surface area contributed by atoms with Gasteiger partial charge in [-0.25, -0.2) is 0 Å². The van der Waals surface area contributed by atoms with Crippen molar-refractivity contribution in [1.82, 2.24) is 10.9 Å². The fourth-order valence-corrected chi connectivity index (χ4v) is 3.85. The first-order valence-electron chi connectivity index (χ1n) is 7.86. The van der Waals surface area contributed by atoms with E-state index in [-0.39, 0.29) is 17.2 Å². The molecule has 2 aliphatic carbocycles. The van der Waals surface area contributed by atoms with Gasteiger partial charge in [0.15, 0.2) is 0 Å². The van der Waals surface area contributed by atoms with Gasteiger partial charge in [-0.15, -0.1) is 0 Å². The molecule has 0 heterocycles. The van der Waals surface area contributed by atoms with Crippen molar-refractivity contribution >= 4 is 17.5 Å².